The van der Waals surface area contributed by atoms with Gasteiger partial charge in [-0.1, -0.05) is 47.5 Å². The molecule has 3 aromatic heterocycles. The molecule has 0 aliphatic carbocycles. The summed E-state index contributed by atoms with van der Waals surface area (Å²) in [5, 5.41) is 0.939. The molecule has 32 heavy (non-hydrogen) atoms. The average molecular weight is 558 g/mol. The molecule has 4 rings (SSSR count). The molecule has 3 aromatic rings. The van der Waals surface area contributed by atoms with Gasteiger partial charge < -0.3 is 10.3 Å². The third kappa shape index (κ3) is 3.56. The molecule has 0 unspecified atom stereocenters. The molecule has 0 saturated carbocycles. The van der Waals surface area contributed by atoms with Crippen LogP contribution in [0.3, 0.4) is 0 Å². The Bertz CT molecular complexity index is 1210. The lowest BCUT2D eigenvalue weighted by atomic mass is 10.0. The quantitative estimate of drug-likeness (QED) is 0.237. The number of fused-ring (bicyclic) bond motifs is 5. The number of halogens is 1. The number of nitrogens with two attached hydrogens (primary N) is 1. The van der Waals surface area contributed by atoms with Crippen LogP contribution in [0.2, 0.25) is 16.6 Å². The summed E-state index contributed by atoms with van der Waals surface area (Å²) in [6.45, 7) is 15.0. The summed E-state index contributed by atoms with van der Waals surface area (Å²) in [6.07, 6.45) is 5.43. The average Bonchev–Trinajstić information content (AvgIpc) is 2.88. The number of rotatable bonds is 3. The second-order valence-corrected chi connectivity index (χ2v) is 16.4. The second kappa shape index (κ2) is 8.79. The molecule has 0 amide bonds. The van der Waals surface area contributed by atoms with Crippen molar-refractivity contribution >= 4 is 47.5 Å². The van der Waals surface area contributed by atoms with Crippen LogP contribution in [0.5, 0.6) is 0 Å². The van der Waals surface area contributed by atoms with Crippen LogP contribution in [-0.4, -0.2) is 27.6 Å². The van der Waals surface area contributed by atoms with Crippen molar-refractivity contribution in [3.63, 3.8) is 0 Å². The summed E-state index contributed by atoms with van der Waals surface area (Å²) in [7, 11) is -1.85. The molecule has 0 saturated heterocycles. The van der Waals surface area contributed by atoms with E-state index >= 15 is 0 Å². The van der Waals surface area contributed by atoms with Gasteiger partial charge in [-0.05, 0) is 58.1 Å². The van der Waals surface area contributed by atoms with Gasteiger partial charge in [0.15, 0.2) is 0 Å². The molecular formula is C25H32IN5Si. The van der Waals surface area contributed by atoms with Crippen molar-refractivity contribution in [1.29, 1.82) is 0 Å². The monoisotopic (exact) mass is 557 g/mol. The van der Waals surface area contributed by atoms with Gasteiger partial charge in [-0.25, -0.2) is 9.97 Å². The molecule has 5 nitrogen and oxygen atoms in total. The van der Waals surface area contributed by atoms with Crippen molar-refractivity contribution < 1.29 is 0 Å². The number of hydrogen-bond donors (Lipinski definition) is 1. The van der Waals surface area contributed by atoms with Crippen molar-refractivity contribution in [3.05, 3.63) is 33.4 Å². The van der Waals surface area contributed by atoms with Gasteiger partial charge in [-0.15, -0.1) is 5.54 Å². The van der Waals surface area contributed by atoms with Crippen LogP contribution in [0, 0.1) is 15.0 Å². The van der Waals surface area contributed by atoms with Crippen molar-refractivity contribution in [2.24, 2.45) is 0 Å². The van der Waals surface area contributed by atoms with E-state index < -0.39 is 8.07 Å². The summed E-state index contributed by atoms with van der Waals surface area (Å²) in [4.78, 5) is 13.6. The second-order valence-electron chi connectivity index (χ2n) is 9.70. The highest BCUT2D eigenvalue weighted by molar-refractivity contribution is 14.1. The summed E-state index contributed by atoms with van der Waals surface area (Å²) >= 11 is 2.40. The molecular weight excluding hydrogens is 525 g/mol. The fourth-order valence-electron chi connectivity index (χ4n) is 5.69. The van der Waals surface area contributed by atoms with Crippen molar-refractivity contribution in [1.82, 2.24) is 19.5 Å². The van der Waals surface area contributed by atoms with Crippen molar-refractivity contribution in [2.45, 2.75) is 77.6 Å². The van der Waals surface area contributed by atoms with Gasteiger partial charge in [-0.2, -0.15) is 0 Å². The third-order valence-corrected chi connectivity index (χ3v) is 14.5. The van der Waals surface area contributed by atoms with Crippen molar-refractivity contribution in [3.8, 4) is 22.7 Å². The first-order valence-electron chi connectivity index (χ1n) is 11.5. The van der Waals surface area contributed by atoms with Crippen LogP contribution in [0.25, 0.3) is 22.3 Å². The Morgan fingerprint density at radius 1 is 1.06 bits per heavy atom. The Balaban J connectivity index is 2.01. The molecule has 0 spiro atoms. The Morgan fingerprint density at radius 3 is 2.41 bits per heavy atom. The predicted octanol–water partition coefficient (Wildman–Crippen LogP) is 6.20. The van der Waals surface area contributed by atoms with Gasteiger partial charge in [0.05, 0.1) is 20.3 Å². The number of nitrogens with zero attached hydrogens (tertiary/aromatic N) is 4. The lowest BCUT2D eigenvalue weighted by Crippen LogP contribution is -2.43. The van der Waals surface area contributed by atoms with Crippen LogP contribution in [-0.2, 0) is 13.0 Å². The lowest BCUT2D eigenvalue weighted by Gasteiger charge is -2.38. The summed E-state index contributed by atoms with van der Waals surface area (Å²) in [5.41, 5.74) is 17.4. The molecule has 0 atom stereocenters. The van der Waals surface area contributed by atoms with Gasteiger partial charge >= 0.3 is 0 Å². The highest BCUT2D eigenvalue weighted by Crippen LogP contribution is 2.42. The zero-order valence-corrected chi connectivity index (χ0v) is 23.0. The Morgan fingerprint density at radius 2 is 1.75 bits per heavy atom. The fourth-order valence-corrected chi connectivity index (χ4v) is 12.0. The molecule has 0 bridgehead atoms. The maximum atomic E-state index is 6.27. The minimum atomic E-state index is -1.85. The summed E-state index contributed by atoms with van der Waals surface area (Å²) in [5.74, 6) is 4.23. The molecule has 0 fully saturated rings. The molecule has 7 heteroatoms. The predicted molar refractivity (Wildman–Crippen MR) is 144 cm³/mol. The summed E-state index contributed by atoms with van der Waals surface area (Å²) in [6, 6.07) is 2.09. The van der Waals surface area contributed by atoms with E-state index in [-0.39, 0.29) is 0 Å². The van der Waals surface area contributed by atoms with E-state index in [1.54, 1.807) is 6.33 Å². The van der Waals surface area contributed by atoms with E-state index in [2.05, 4.69) is 96.2 Å². The minimum Gasteiger partial charge on any atom is -0.383 e. The first-order valence-corrected chi connectivity index (χ1v) is 14.8. The molecule has 4 heterocycles. The van der Waals surface area contributed by atoms with E-state index in [9.17, 15) is 0 Å². The maximum absolute atomic E-state index is 6.27. The van der Waals surface area contributed by atoms with E-state index in [1.165, 1.54) is 0 Å². The van der Waals surface area contributed by atoms with E-state index in [0.717, 1.165) is 56.5 Å². The normalized spacial score (nSPS) is 13.8. The first kappa shape index (κ1) is 23.2. The maximum Gasteiger partial charge on any atom is 0.147 e. The standard InChI is InChI=1S/C25H32IN5Si/c1-15(2)32(16(3)4,17(5)6)13-10-18-9-11-28-19-8-7-12-31-23(20(18)19)22(26)21-24(27)29-14-30-25(21)31/h9,11,14-17H,7-8,12H2,1-6H3,(H2,27,29,30). The SMILES string of the molecule is CC(C)[Si](C#Cc1ccnc2c1-c1c(I)c3c(N)ncnc3n1CCC2)(C(C)C)C(C)C. The smallest absolute Gasteiger partial charge is 0.147 e. The molecule has 1 aliphatic heterocycles. The van der Waals surface area contributed by atoms with Gasteiger partial charge in [-0.3, -0.25) is 4.98 Å². The van der Waals surface area contributed by atoms with Gasteiger partial charge in [0, 0.05) is 23.9 Å². The molecule has 168 valence electrons. The Kier molecular flexibility index (Phi) is 6.38. The van der Waals surface area contributed by atoms with E-state index in [1.807, 2.05) is 6.20 Å². The molecule has 0 radical (unpaired) electrons. The minimum absolute atomic E-state index is 0.531. The van der Waals surface area contributed by atoms with Gasteiger partial charge in [0.2, 0.25) is 0 Å². The highest BCUT2D eigenvalue weighted by Gasteiger charge is 2.41. The highest BCUT2D eigenvalue weighted by atomic mass is 127. The number of hydrogen-bond acceptors (Lipinski definition) is 4. The third-order valence-electron chi connectivity index (χ3n) is 7.15. The lowest BCUT2D eigenvalue weighted by molar-refractivity contribution is 0.670. The Hall–Kier alpha value is -1.92. The number of nitrogen functional groups attached to an aromatic ring is 1. The van der Waals surface area contributed by atoms with Crippen LogP contribution in [0.15, 0.2) is 18.6 Å². The van der Waals surface area contributed by atoms with Gasteiger partial charge in [0.1, 0.15) is 25.9 Å². The van der Waals surface area contributed by atoms with Crippen LogP contribution in [0.4, 0.5) is 5.82 Å². The number of aromatic nitrogens is 4. The zero-order valence-electron chi connectivity index (χ0n) is 19.8. The van der Waals surface area contributed by atoms with E-state index in [0.29, 0.717) is 22.4 Å². The Labute approximate surface area is 205 Å². The molecule has 1 aliphatic rings. The number of anilines is 1. The molecule has 2 N–H and O–H groups in total. The largest absolute Gasteiger partial charge is 0.383 e. The number of pyridine rings is 1. The van der Waals surface area contributed by atoms with Crippen LogP contribution in [0.1, 0.15) is 59.2 Å². The van der Waals surface area contributed by atoms with Crippen LogP contribution < -0.4 is 5.73 Å². The van der Waals surface area contributed by atoms with Crippen LogP contribution >= 0.6 is 22.6 Å². The topological polar surface area (TPSA) is 69.6 Å². The zero-order chi connectivity index (χ0) is 23.2. The van der Waals surface area contributed by atoms with E-state index in [4.69, 9.17) is 10.7 Å². The number of aryl methyl sites for hydroxylation is 2. The fraction of sp³-hybridized carbons (Fsp3) is 0.480. The summed E-state index contributed by atoms with van der Waals surface area (Å²) < 4.78 is 3.39. The molecule has 0 aromatic carbocycles. The van der Waals surface area contributed by atoms with Crippen molar-refractivity contribution in [2.75, 3.05) is 5.73 Å². The van der Waals surface area contributed by atoms with Gasteiger partial charge in [0.25, 0.3) is 0 Å². The first-order chi connectivity index (χ1) is 15.2.